The Balaban J connectivity index is 2.09. The Morgan fingerprint density at radius 1 is 1.00 bits per heavy atom. The third kappa shape index (κ3) is 2.75. The minimum atomic E-state index is -4.02. The average Bonchev–Trinajstić information content (AvgIpc) is 2.56. The predicted octanol–water partition coefficient (Wildman–Crippen LogP) is 3.47. The van der Waals surface area contributed by atoms with Crippen molar-refractivity contribution in [2.75, 3.05) is 0 Å². The summed E-state index contributed by atoms with van der Waals surface area (Å²) in [5, 5.41) is 21.5. The molecule has 24 heavy (non-hydrogen) atoms. The Kier molecular flexibility index (Phi) is 3.83. The molecule has 7 heteroatoms. The molecule has 0 spiro atoms. The molecule has 0 heterocycles. The van der Waals surface area contributed by atoms with E-state index in [4.69, 9.17) is 9.58 Å². The van der Waals surface area contributed by atoms with Crippen LogP contribution < -0.4 is 9.29 Å². The van der Waals surface area contributed by atoms with E-state index in [0.29, 0.717) is 5.39 Å². The highest BCUT2D eigenvalue weighted by molar-refractivity contribution is 7.87. The van der Waals surface area contributed by atoms with Crippen LogP contribution in [0.5, 0.6) is 11.5 Å². The quantitative estimate of drug-likeness (QED) is 0.537. The van der Waals surface area contributed by atoms with E-state index in [1.807, 2.05) is 6.92 Å². The van der Waals surface area contributed by atoms with Crippen LogP contribution in [-0.4, -0.2) is 8.42 Å². The molecule has 0 atom stereocenters. The molecule has 0 bridgehead atoms. The van der Waals surface area contributed by atoms with Crippen LogP contribution in [-0.2, 0) is 10.1 Å². The van der Waals surface area contributed by atoms with Crippen molar-refractivity contribution < 1.29 is 17.7 Å². The first-order chi connectivity index (χ1) is 11.4. The van der Waals surface area contributed by atoms with Gasteiger partial charge in [-0.3, -0.25) is 0 Å². The van der Waals surface area contributed by atoms with Gasteiger partial charge in [-0.2, -0.15) is 8.42 Å². The van der Waals surface area contributed by atoms with Crippen LogP contribution in [0.4, 0.5) is 5.69 Å². The Morgan fingerprint density at radius 2 is 1.71 bits per heavy atom. The van der Waals surface area contributed by atoms with Gasteiger partial charge in [0.2, 0.25) is 5.39 Å². The number of nitrogens with zero attached hydrogens (tertiary/aromatic N) is 2. The van der Waals surface area contributed by atoms with Gasteiger partial charge in [0.1, 0.15) is 4.90 Å². The van der Waals surface area contributed by atoms with Gasteiger partial charge in [0, 0.05) is 11.5 Å². The number of hydrogen-bond acceptors (Lipinski definition) is 5. The summed E-state index contributed by atoms with van der Waals surface area (Å²) in [5.74, 6) is -0.470. The molecule has 0 unspecified atom stereocenters. The van der Waals surface area contributed by atoms with Crippen LogP contribution in [0.2, 0.25) is 0 Å². The summed E-state index contributed by atoms with van der Waals surface area (Å²) < 4.78 is 30.0. The topological polar surface area (TPSA) is 94.6 Å². The van der Waals surface area contributed by atoms with Gasteiger partial charge in [-0.1, -0.05) is 29.8 Å². The first-order valence-electron chi connectivity index (χ1n) is 7.01. The molecule has 0 saturated heterocycles. The van der Waals surface area contributed by atoms with Crippen LogP contribution in [0.15, 0.2) is 59.5 Å². The highest BCUT2D eigenvalue weighted by Crippen LogP contribution is 2.37. The number of diazo groups is 1. The van der Waals surface area contributed by atoms with E-state index in [2.05, 4.69) is 4.98 Å². The maximum Gasteiger partial charge on any atom is 0.378 e. The normalized spacial score (nSPS) is 11.2. The zero-order valence-corrected chi connectivity index (χ0v) is 13.4. The molecule has 0 aliphatic heterocycles. The molecule has 0 saturated carbocycles. The molecular formula is C17H12N2O4S. The van der Waals surface area contributed by atoms with Gasteiger partial charge in [-0.15, -0.1) is 0 Å². The van der Waals surface area contributed by atoms with E-state index in [9.17, 15) is 13.5 Å². The van der Waals surface area contributed by atoms with Crippen molar-refractivity contribution in [3.05, 3.63) is 65.1 Å². The molecule has 0 aliphatic carbocycles. The monoisotopic (exact) mass is 340 g/mol. The molecule has 0 N–H and O–H groups in total. The summed E-state index contributed by atoms with van der Waals surface area (Å²) in [6, 6.07) is 13.5. The lowest BCUT2D eigenvalue weighted by atomic mass is 10.1. The minimum Gasteiger partial charge on any atom is -0.867 e. The van der Waals surface area contributed by atoms with Crippen LogP contribution >= 0.6 is 0 Å². The third-order valence-electron chi connectivity index (χ3n) is 3.57. The van der Waals surface area contributed by atoms with Gasteiger partial charge in [-0.25, -0.2) is 0 Å². The maximum atomic E-state index is 12.4. The standard InChI is InChI=1S/C17H12N2O4S/c1-11-5-7-12(8-6-11)24(21,22)23-16-4-2-3-14-13(16)9-10-15(19-18)17(14)20/h2-10H,1H3. The molecule has 0 radical (unpaired) electrons. The number of hydrogen-bond donors (Lipinski definition) is 0. The Hall–Kier alpha value is -3.11. The van der Waals surface area contributed by atoms with Crippen molar-refractivity contribution in [1.29, 1.82) is 5.39 Å². The summed E-state index contributed by atoms with van der Waals surface area (Å²) in [5.41, 5.74) is 0.802. The van der Waals surface area contributed by atoms with E-state index in [1.54, 1.807) is 12.1 Å². The first-order valence-corrected chi connectivity index (χ1v) is 8.42. The Bertz CT molecular complexity index is 1070. The zero-order chi connectivity index (χ0) is 17.3. The number of rotatable bonds is 3. The van der Waals surface area contributed by atoms with Gasteiger partial charge in [0.25, 0.3) is 0 Å². The highest BCUT2D eigenvalue weighted by atomic mass is 32.2. The number of aryl methyl sites for hydroxylation is 1. The SMILES string of the molecule is Cc1ccc(S(=O)(=O)Oc2cccc3c([O-])c([N+]#N)ccc23)cc1. The molecule has 3 aromatic carbocycles. The maximum absolute atomic E-state index is 12.4. The molecule has 0 fully saturated rings. The van der Waals surface area contributed by atoms with Gasteiger partial charge in [0.15, 0.2) is 10.7 Å². The Morgan fingerprint density at radius 3 is 2.38 bits per heavy atom. The van der Waals surface area contributed by atoms with Crippen LogP contribution in [0.3, 0.4) is 0 Å². The lowest BCUT2D eigenvalue weighted by Crippen LogP contribution is -2.10. The van der Waals surface area contributed by atoms with Crippen molar-refractivity contribution in [1.82, 2.24) is 0 Å². The summed E-state index contributed by atoms with van der Waals surface area (Å²) in [7, 11) is -4.02. The smallest absolute Gasteiger partial charge is 0.378 e. The van der Waals surface area contributed by atoms with Gasteiger partial charge >= 0.3 is 15.8 Å². The molecular weight excluding hydrogens is 328 g/mol. The fraction of sp³-hybridized carbons (Fsp3) is 0.0588. The Labute approximate surface area is 138 Å². The van der Waals surface area contributed by atoms with Crippen molar-refractivity contribution >= 4 is 26.6 Å². The summed E-state index contributed by atoms with van der Waals surface area (Å²) in [6.07, 6.45) is 0. The molecule has 0 aliphatic rings. The van der Waals surface area contributed by atoms with Crippen LogP contribution in [0.25, 0.3) is 15.7 Å². The second kappa shape index (κ2) is 5.83. The van der Waals surface area contributed by atoms with E-state index < -0.39 is 15.9 Å². The molecule has 0 aromatic heterocycles. The zero-order valence-electron chi connectivity index (χ0n) is 12.6. The van der Waals surface area contributed by atoms with Gasteiger partial charge in [-0.05, 0) is 42.3 Å². The van der Waals surface area contributed by atoms with E-state index in [1.165, 1.54) is 42.5 Å². The van der Waals surface area contributed by atoms with Crippen molar-refractivity contribution in [2.24, 2.45) is 0 Å². The van der Waals surface area contributed by atoms with E-state index in [0.717, 1.165) is 5.56 Å². The van der Waals surface area contributed by atoms with Crippen LogP contribution in [0, 0.1) is 12.3 Å². The third-order valence-corrected chi connectivity index (χ3v) is 4.82. The summed E-state index contributed by atoms with van der Waals surface area (Å²) >= 11 is 0. The van der Waals surface area contributed by atoms with Crippen molar-refractivity contribution in [2.45, 2.75) is 11.8 Å². The fourth-order valence-corrected chi connectivity index (χ4v) is 3.26. The molecule has 3 rings (SSSR count). The molecule has 3 aromatic rings. The first kappa shape index (κ1) is 15.8. The largest absolute Gasteiger partial charge is 0.867 e. The van der Waals surface area contributed by atoms with Gasteiger partial charge in [0.05, 0.1) is 0 Å². The van der Waals surface area contributed by atoms with Crippen molar-refractivity contribution in [3.63, 3.8) is 0 Å². The molecule has 6 nitrogen and oxygen atoms in total. The predicted molar refractivity (Wildman–Crippen MR) is 87.1 cm³/mol. The lowest BCUT2D eigenvalue weighted by molar-refractivity contribution is -0.264. The average molecular weight is 340 g/mol. The van der Waals surface area contributed by atoms with Gasteiger partial charge < -0.3 is 9.29 Å². The minimum absolute atomic E-state index is 0.0226. The summed E-state index contributed by atoms with van der Waals surface area (Å²) in [4.78, 5) is 2.93. The fourth-order valence-electron chi connectivity index (χ4n) is 2.31. The van der Waals surface area contributed by atoms with E-state index >= 15 is 0 Å². The van der Waals surface area contributed by atoms with Crippen molar-refractivity contribution in [3.8, 4) is 11.5 Å². The van der Waals surface area contributed by atoms with E-state index in [-0.39, 0.29) is 21.7 Å². The van der Waals surface area contributed by atoms with Crippen LogP contribution in [0.1, 0.15) is 5.56 Å². The molecule has 120 valence electrons. The lowest BCUT2D eigenvalue weighted by Gasteiger charge is -2.12. The second-order valence-electron chi connectivity index (χ2n) is 5.22. The number of benzene rings is 3. The second-order valence-corrected chi connectivity index (χ2v) is 6.76. The highest BCUT2D eigenvalue weighted by Gasteiger charge is 2.19. The summed E-state index contributed by atoms with van der Waals surface area (Å²) in [6.45, 7) is 1.85. The molecule has 0 amide bonds. The number of fused-ring (bicyclic) bond motifs is 1.